The van der Waals surface area contributed by atoms with E-state index in [0.717, 1.165) is 33.7 Å². The molecule has 1 N–H and O–H groups in total. The zero-order valence-corrected chi connectivity index (χ0v) is 16.7. The third-order valence-electron chi connectivity index (χ3n) is 4.78. The Bertz CT molecular complexity index is 1190. The highest BCUT2D eigenvalue weighted by molar-refractivity contribution is 6.05. The lowest BCUT2D eigenvalue weighted by molar-refractivity contribution is 0.102. The van der Waals surface area contributed by atoms with Crippen LogP contribution in [0.5, 0.6) is 5.75 Å². The van der Waals surface area contributed by atoms with Crippen molar-refractivity contribution < 1.29 is 14.1 Å². The predicted molar refractivity (Wildman–Crippen MR) is 108 cm³/mol. The number of carbonyl (C=O) groups excluding carboxylic acids is 1. The lowest BCUT2D eigenvalue weighted by Crippen LogP contribution is -2.12. The molecule has 0 spiro atoms. The summed E-state index contributed by atoms with van der Waals surface area (Å²) in [6.45, 7) is 5.95. The van der Waals surface area contributed by atoms with Gasteiger partial charge in [-0.3, -0.25) is 9.48 Å². The number of fused-ring (bicyclic) bond motifs is 1. The van der Waals surface area contributed by atoms with Crippen LogP contribution in [0.15, 0.2) is 41.1 Å². The van der Waals surface area contributed by atoms with E-state index in [1.807, 2.05) is 40.0 Å². The van der Waals surface area contributed by atoms with E-state index in [9.17, 15) is 4.79 Å². The number of nitrogens with zero attached hydrogens (tertiary/aromatic N) is 4. The van der Waals surface area contributed by atoms with Crippen LogP contribution < -0.4 is 10.1 Å². The molecule has 0 bridgehead atoms. The number of hydrogen-bond acceptors (Lipinski definition) is 6. The van der Waals surface area contributed by atoms with Gasteiger partial charge in [0.15, 0.2) is 5.65 Å². The largest absolute Gasteiger partial charge is 0.489 e. The van der Waals surface area contributed by atoms with E-state index < -0.39 is 0 Å². The highest BCUT2D eigenvalue weighted by atomic mass is 16.5. The predicted octanol–water partition coefficient (Wildman–Crippen LogP) is 3.71. The van der Waals surface area contributed by atoms with E-state index in [1.165, 1.54) is 0 Å². The third kappa shape index (κ3) is 3.69. The minimum atomic E-state index is -0.240. The topological polar surface area (TPSA) is 95.1 Å². The quantitative estimate of drug-likeness (QED) is 0.557. The minimum Gasteiger partial charge on any atom is -0.489 e. The number of ether oxygens (including phenoxy) is 1. The summed E-state index contributed by atoms with van der Waals surface area (Å²) in [5.41, 5.74) is 4.44. The number of rotatable bonds is 5. The van der Waals surface area contributed by atoms with Gasteiger partial charge in [-0.05, 0) is 45.0 Å². The van der Waals surface area contributed by atoms with Crippen molar-refractivity contribution in [3.63, 3.8) is 0 Å². The van der Waals surface area contributed by atoms with E-state index in [0.29, 0.717) is 23.6 Å². The van der Waals surface area contributed by atoms with Gasteiger partial charge >= 0.3 is 0 Å². The maximum Gasteiger partial charge on any atom is 0.255 e. The summed E-state index contributed by atoms with van der Waals surface area (Å²) in [5.74, 6) is 1.08. The van der Waals surface area contributed by atoms with Crippen LogP contribution in [0.3, 0.4) is 0 Å². The average molecular weight is 391 g/mol. The Kier molecular flexibility index (Phi) is 4.75. The molecule has 29 heavy (non-hydrogen) atoms. The monoisotopic (exact) mass is 391 g/mol. The summed E-state index contributed by atoms with van der Waals surface area (Å²) in [7, 11) is 1.84. The van der Waals surface area contributed by atoms with Gasteiger partial charge < -0.3 is 14.6 Å². The number of nitrogens with one attached hydrogen (secondary N) is 1. The molecule has 0 fully saturated rings. The van der Waals surface area contributed by atoms with Crippen molar-refractivity contribution in [1.82, 2.24) is 19.9 Å². The normalized spacial score (nSPS) is 11.0. The van der Waals surface area contributed by atoms with Crippen LogP contribution >= 0.6 is 0 Å². The Hall–Kier alpha value is -3.68. The molecule has 1 aromatic carbocycles. The van der Waals surface area contributed by atoms with Gasteiger partial charge in [0, 0.05) is 18.0 Å². The molecule has 3 aromatic heterocycles. The highest BCUT2D eigenvalue weighted by Gasteiger charge is 2.13. The number of benzene rings is 1. The van der Waals surface area contributed by atoms with Crippen molar-refractivity contribution >= 4 is 22.6 Å². The second-order valence-electron chi connectivity index (χ2n) is 6.88. The van der Waals surface area contributed by atoms with Crippen LogP contribution in [-0.4, -0.2) is 25.8 Å². The zero-order valence-electron chi connectivity index (χ0n) is 16.7. The van der Waals surface area contributed by atoms with E-state index in [4.69, 9.17) is 9.26 Å². The van der Waals surface area contributed by atoms with E-state index in [1.54, 1.807) is 29.1 Å². The first-order valence-electron chi connectivity index (χ1n) is 9.17. The van der Waals surface area contributed by atoms with Crippen molar-refractivity contribution in [1.29, 1.82) is 0 Å². The summed E-state index contributed by atoms with van der Waals surface area (Å²) in [6.07, 6.45) is 1.62. The first kappa shape index (κ1) is 18.7. The van der Waals surface area contributed by atoms with Crippen LogP contribution in [-0.2, 0) is 13.7 Å². The Balaban J connectivity index is 1.49. The van der Waals surface area contributed by atoms with Crippen LogP contribution in [0.25, 0.3) is 11.0 Å². The fourth-order valence-corrected chi connectivity index (χ4v) is 3.17. The van der Waals surface area contributed by atoms with Crippen molar-refractivity contribution in [2.24, 2.45) is 7.05 Å². The third-order valence-corrected chi connectivity index (χ3v) is 4.78. The molecule has 0 saturated heterocycles. The van der Waals surface area contributed by atoms with E-state index in [-0.39, 0.29) is 5.91 Å². The fourth-order valence-electron chi connectivity index (χ4n) is 3.17. The molecule has 4 aromatic rings. The van der Waals surface area contributed by atoms with Crippen LogP contribution in [0.4, 0.5) is 5.69 Å². The lowest BCUT2D eigenvalue weighted by Gasteiger charge is -2.09. The fraction of sp³-hybridized carbons (Fsp3) is 0.238. The number of aryl methyl sites for hydroxylation is 4. The molecule has 0 atom stereocenters. The Morgan fingerprint density at radius 2 is 2.03 bits per heavy atom. The van der Waals surface area contributed by atoms with Gasteiger partial charge in [0.2, 0.25) is 0 Å². The van der Waals surface area contributed by atoms with Crippen molar-refractivity contribution in [3.8, 4) is 5.75 Å². The second kappa shape index (κ2) is 7.38. The molecule has 4 rings (SSSR count). The molecule has 0 aliphatic rings. The molecular weight excluding hydrogens is 370 g/mol. The molecule has 148 valence electrons. The number of pyridine rings is 1. The van der Waals surface area contributed by atoms with Gasteiger partial charge in [-0.1, -0.05) is 11.2 Å². The average Bonchev–Trinajstić information content (AvgIpc) is 3.18. The molecule has 1 amide bonds. The van der Waals surface area contributed by atoms with Crippen LogP contribution in [0, 0.1) is 20.8 Å². The van der Waals surface area contributed by atoms with Crippen LogP contribution in [0.1, 0.15) is 33.1 Å². The Morgan fingerprint density at radius 1 is 1.21 bits per heavy atom. The molecule has 0 unspecified atom stereocenters. The molecule has 0 aliphatic carbocycles. The van der Waals surface area contributed by atoms with E-state index in [2.05, 4.69) is 20.6 Å². The second-order valence-corrected chi connectivity index (χ2v) is 6.88. The highest BCUT2D eigenvalue weighted by Crippen LogP contribution is 2.21. The van der Waals surface area contributed by atoms with Gasteiger partial charge in [0.05, 0.1) is 28.8 Å². The molecule has 0 radical (unpaired) electrons. The number of amides is 1. The number of hydrogen-bond donors (Lipinski definition) is 1. The van der Waals surface area contributed by atoms with Crippen molar-refractivity contribution in [3.05, 3.63) is 64.8 Å². The molecule has 0 aliphatic heterocycles. The number of anilines is 1. The first-order chi connectivity index (χ1) is 13.9. The minimum absolute atomic E-state index is 0.240. The maximum absolute atomic E-state index is 12.7. The Morgan fingerprint density at radius 3 is 2.79 bits per heavy atom. The van der Waals surface area contributed by atoms with Gasteiger partial charge in [-0.15, -0.1) is 0 Å². The van der Waals surface area contributed by atoms with Gasteiger partial charge in [-0.2, -0.15) is 5.10 Å². The van der Waals surface area contributed by atoms with Crippen molar-refractivity contribution in [2.75, 3.05) is 5.32 Å². The van der Waals surface area contributed by atoms with Gasteiger partial charge in [-0.25, -0.2) is 4.98 Å². The lowest BCUT2D eigenvalue weighted by atomic mass is 10.2. The molecule has 0 saturated carbocycles. The maximum atomic E-state index is 12.7. The summed E-state index contributed by atoms with van der Waals surface area (Å²) in [6, 6.07) is 8.90. The molecule has 3 heterocycles. The van der Waals surface area contributed by atoms with Gasteiger partial charge in [0.1, 0.15) is 18.1 Å². The van der Waals surface area contributed by atoms with E-state index >= 15 is 0 Å². The first-order valence-corrected chi connectivity index (χ1v) is 9.17. The summed E-state index contributed by atoms with van der Waals surface area (Å²) in [5, 5.41) is 12.1. The number of aromatic nitrogens is 4. The van der Waals surface area contributed by atoms with Crippen LogP contribution in [0.2, 0.25) is 0 Å². The van der Waals surface area contributed by atoms with Gasteiger partial charge in [0.25, 0.3) is 5.91 Å². The molecule has 8 nitrogen and oxygen atoms in total. The summed E-state index contributed by atoms with van der Waals surface area (Å²) >= 11 is 0. The molecule has 8 heteroatoms. The summed E-state index contributed by atoms with van der Waals surface area (Å²) in [4.78, 5) is 17.1. The smallest absolute Gasteiger partial charge is 0.255 e. The zero-order chi connectivity index (χ0) is 20.5. The van der Waals surface area contributed by atoms with Crippen molar-refractivity contribution in [2.45, 2.75) is 27.4 Å². The SMILES string of the molecule is Cc1noc(C)c1COc1cccc(C(=O)Nc2cnc3c(c2)c(C)nn3C)c1. The standard InChI is InChI=1S/C21H21N5O3/c1-12-18-9-16(10-22-20(18)26(4)24-12)23-21(27)15-6-5-7-17(8-15)28-11-19-13(2)25-29-14(19)3/h5-10H,11H2,1-4H3,(H,23,27). The Labute approximate surface area is 167 Å². The summed E-state index contributed by atoms with van der Waals surface area (Å²) < 4.78 is 12.7. The molecular formula is C21H21N5O3. The number of carbonyl (C=O) groups is 1.